The highest BCUT2D eigenvalue weighted by molar-refractivity contribution is 5.74. The van der Waals surface area contributed by atoms with E-state index in [1.54, 1.807) is 26.2 Å². The fourth-order valence-electron chi connectivity index (χ4n) is 2.65. The van der Waals surface area contributed by atoms with Crippen molar-refractivity contribution in [3.05, 3.63) is 59.7 Å². The second-order valence-corrected chi connectivity index (χ2v) is 6.44. The highest BCUT2D eigenvalue weighted by Gasteiger charge is 2.12. The molecule has 0 aromatic heterocycles. The van der Waals surface area contributed by atoms with Crippen molar-refractivity contribution in [3.63, 3.8) is 0 Å². The van der Waals surface area contributed by atoms with Crippen LogP contribution in [0.3, 0.4) is 0 Å². The van der Waals surface area contributed by atoms with Gasteiger partial charge in [-0.2, -0.15) is 0 Å². The van der Waals surface area contributed by atoms with Crippen LogP contribution < -0.4 is 14.8 Å². The number of methoxy groups -OCH3 is 2. The predicted octanol–water partition coefficient (Wildman–Crippen LogP) is 3.87. The SMILES string of the molecule is COc1ccc(CCC(C)NC(=O)N(C)Cc2ccc(OC)cc2)cc1. The van der Waals surface area contributed by atoms with Gasteiger partial charge < -0.3 is 19.7 Å². The maximum atomic E-state index is 12.3. The number of carbonyl (C=O) groups is 1. The number of rotatable bonds is 8. The van der Waals surface area contributed by atoms with Gasteiger partial charge in [-0.15, -0.1) is 0 Å². The Bertz CT molecular complexity index is 683. The third-order valence-electron chi connectivity index (χ3n) is 4.32. The minimum atomic E-state index is -0.0666. The maximum absolute atomic E-state index is 12.3. The molecule has 0 aliphatic rings. The molecule has 0 bridgehead atoms. The molecule has 1 atom stereocenters. The molecular formula is C21H28N2O3. The van der Waals surface area contributed by atoms with Crippen molar-refractivity contribution in [1.82, 2.24) is 10.2 Å². The molecule has 0 radical (unpaired) electrons. The molecule has 140 valence electrons. The van der Waals surface area contributed by atoms with Gasteiger partial charge in [-0.25, -0.2) is 4.79 Å². The van der Waals surface area contributed by atoms with Crippen molar-refractivity contribution in [2.75, 3.05) is 21.3 Å². The number of carbonyl (C=O) groups excluding carboxylic acids is 1. The zero-order valence-electron chi connectivity index (χ0n) is 16.0. The molecule has 5 heteroatoms. The van der Waals surface area contributed by atoms with Crippen molar-refractivity contribution in [2.24, 2.45) is 0 Å². The van der Waals surface area contributed by atoms with Gasteiger partial charge in [0.2, 0.25) is 0 Å². The number of nitrogens with one attached hydrogen (secondary N) is 1. The Morgan fingerprint density at radius 2 is 1.46 bits per heavy atom. The summed E-state index contributed by atoms with van der Waals surface area (Å²) >= 11 is 0. The third kappa shape index (κ3) is 5.99. The molecule has 5 nitrogen and oxygen atoms in total. The van der Waals surface area contributed by atoms with Crippen LogP contribution >= 0.6 is 0 Å². The molecule has 0 heterocycles. The van der Waals surface area contributed by atoms with E-state index in [0.29, 0.717) is 6.54 Å². The lowest BCUT2D eigenvalue weighted by Gasteiger charge is -2.21. The summed E-state index contributed by atoms with van der Waals surface area (Å²) in [4.78, 5) is 14.0. The fraction of sp³-hybridized carbons (Fsp3) is 0.381. The topological polar surface area (TPSA) is 50.8 Å². The first-order valence-electron chi connectivity index (χ1n) is 8.79. The molecular weight excluding hydrogens is 328 g/mol. The van der Waals surface area contributed by atoms with Gasteiger partial charge in [0.1, 0.15) is 11.5 Å². The smallest absolute Gasteiger partial charge is 0.317 e. The van der Waals surface area contributed by atoms with E-state index in [1.807, 2.05) is 43.3 Å². The number of nitrogens with zero attached hydrogens (tertiary/aromatic N) is 1. The average Bonchev–Trinajstić information content (AvgIpc) is 2.67. The van der Waals surface area contributed by atoms with E-state index in [0.717, 1.165) is 29.9 Å². The first-order chi connectivity index (χ1) is 12.5. The molecule has 1 unspecified atom stereocenters. The van der Waals surface area contributed by atoms with Gasteiger partial charge in [0.05, 0.1) is 14.2 Å². The minimum Gasteiger partial charge on any atom is -0.497 e. The molecule has 26 heavy (non-hydrogen) atoms. The first-order valence-corrected chi connectivity index (χ1v) is 8.79. The summed E-state index contributed by atoms with van der Waals surface area (Å²) in [5.41, 5.74) is 2.30. The molecule has 2 aromatic carbocycles. The van der Waals surface area contributed by atoms with Crippen LogP contribution in [0.1, 0.15) is 24.5 Å². The highest BCUT2D eigenvalue weighted by Crippen LogP contribution is 2.14. The number of aryl methyl sites for hydroxylation is 1. The largest absolute Gasteiger partial charge is 0.497 e. The quantitative estimate of drug-likeness (QED) is 0.781. The van der Waals surface area contributed by atoms with Crippen molar-refractivity contribution in [2.45, 2.75) is 32.4 Å². The number of ether oxygens (including phenoxy) is 2. The summed E-state index contributed by atoms with van der Waals surface area (Å²) in [5, 5.41) is 3.05. The van der Waals surface area contributed by atoms with E-state index in [9.17, 15) is 4.79 Å². The van der Waals surface area contributed by atoms with Crippen LogP contribution in [-0.4, -0.2) is 38.2 Å². The summed E-state index contributed by atoms with van der Waals surface area (Å²) in [6.45, 7) is 2.59. The molecule has 0 aliphatic carbocycles. The summed E-state index contributed by atoms with van der Waals surface area (Å²) in [6.07, 6.45) is 1.79. The number of benzene rings is 2. The Hall–Kier alpha value is -2.69. The van der Waals surface area contributed by atoms with Gasteiger partial charge in [-0.05, 0) is 55.2 Å². The lowest BCUT2D eigenvalue weighted by atomic mass is 10.1. The van der Waals surface area contributed by atoms with E-state index in [-0.39, 0.29) is 12.1 Å². The molecule has 2 aromatic rings. The number of amides is 2. The third-order valence-corrected chi connectivity index (χ3v) is 4.32. The van der Waals surface area contributed by atoms with E-state index in [4.69, 9.17) is 9.47 Å². The van der Waals surface area contributed by atoms with E-state index < -0.39 is 0 Å². The lowest BCUT2D eigenvalue weighted by Crippen LogP contribution is -2.41. The minimum absolute atomic E-state index is 0.0666. The van der Waals surface area contributed by atoms with E-state index in [1.165, 1.54) is 5.56 Å². The Morgan fingerprint density at radius 1 is 0.962 bits per heavy atom. The van der Waals surface area contributed by atoms with Gasteiger partial charge in [0.25, 0.3) is 0 Å². The van der Waals surface area contributed by atoms with Crippen molar-refractivity contribution in [1.29, 1.82) is 0 Å². The summed E-state index contributed by atoms with van der Waals surface area (Å²) < 4.78 is 10.3. The van der Waals surface area contributed by atoms with Crippen LogP contribution in [0.15, 0.2) is 48.5 Å². The van der Waals surface area contributed by atoms with Gasteiger partial charge >= 0.3 is 6.03 Å². The predicted molar refractivity (Wildman–Crippen MR) is 104 cm³/mol. The molecule has 2 amide bonds. The zero-order chi connectivity index (χ0) is 18.9. The normalized spacial score (nSPS) is 11.5. The second kappa shape index (κ2) is 9.70. The Labute approximate surface area is 155 Å². The zero-order valence-corrected chi connectivity index (χ0v) is 16.0. The molecule has 0 fully saturated rings. The van der Waals surface area contributed by atoms with Gasteiger partial charge in [-0.3, -0.25) is 0 Å². The van der Waals surface area contributed by atoms with E-state index >= 15 is 0 Å². The van der Waals surface area contributed by atoms with Gasteiger partial charge in [0.15, 0.2) is 0 Å². The molecule has 0 spiro atoms. The lowest BCUT2D eigenvalue weighted by molar-refractivity contribution is 0.203. The monoisotopic (exact) mass is 356 g/mol. The highest BCUT2D eigenvalue weighted by atomic mass is 16.5. The van der Waals surface area contributed by atoms with Crippen LogP contribution in [-0.2, 0) is 13.0 Å². The van der Waals surface area contributed by atoms with Crippen LogP contribution in [0.2, 0.25) is 0 Å². The Morgan fingerprint density at radius 3 is 1.96 bits per heavy atom. The molecule has 0 saturated heterocycles. The van der Waals surface area contributed by atoms with E-state index in [2.05, 4.69) is 17.4 Å². The number of hydrogen-bond acceptors (Lipinski definition) is 3. The fourth-order valence-corrected chi connectivity index (χ4v) is 2.65. The Balaban J connectivity index is 1.77. The molecule has 0 saturated carbocycles. The average molecular weight is 356 g/mol. The summed E-state index contributed by atoms with van der Waals surface area (Å²) in [7, 11) is 5.10. The van der Waals surface area contributed by atoms with Crippen molar-refractivity contribution >= 4 is 6.03 Å². The molecule has 1 N–H and O–H groups in total. The van der Waals surface area contributed by atoms with Crippen LogP contribution in [0.4, 0.5) is 4.79 Å². The van der Waals surface area contributed by atoms with Gasteiger partial charge in [-0.1, -0.05) is 24.3 Å². The van der Waals surface area contributed by atoms with Crippen molar-refractivity contribution in [3.8, 4) is 11.5 Å². The summed E-state index contributed by atoms with van der Waals surface area (Å²) in [6, 6.07) is 15.8. The standard InChI is InChI=1S/C21H28N2O3/c1-16(5-6-17-7-11-19(25-3)12-8-17)22-21(24)23(2)15-18-9-13-20(26-4)14-10-18/h7-14,16H,5-6,15H2,1-4H3,(H,22,24). The second-order valence-electron chi connectivity index (χ2n) is 6.44. The summed E-state index contributed by atoms with van der Waals surface area (Å²) in [5.74, 6) is 1.67. The van der Waals surface area contributed by atoms with Gasteiger partial charge in [0, 0.05) is 19.6 Å². The molecule has 2 rings (SSSR count). The number of urea groups is 1. The van der Waals surface area contributed by atoms with Crippen LogP contribution in [0.25, 0.3) is 0 Å². The maximum Gasteiger partial charge on any atom is 0.317 e. The van der Waals surface area contributed by atoms with Crippen LogP contribution in [0.5, 0.6) is 11.5 Å². The first kappa shape index (κ1) is 19.6. The molecule has 0 aliphatic heterocycles. The number of hydrogen-bond donors (Lipinski definition) is 1. The van der Waals surface area contributed by atoms with Crippen molar-refractivity contribution < 1.29 is 14.3 Å². The Kier molecular flexibility index (Phi) is 7.33. The van der Waals surface area contributed by atoms with Crippen LogP contribution in [0, 0.1) is 0 Å².